The van der Waals surface area contributed by atoms with Crippen LogP contribution in [0, 0.1) is 10.1 Å². The Balaban J connectivity index is 2.19. The van der Waals surface area contributed by atoms with Gasteiger partial charge in [-0.1, -0.05) is 0 Å². The largest absolute Gasteiger partial charge is 0.464 e. The molecule has 0 aromatic heterocycles. The molecule has 0 unspecified atom stereocenters. The summed E-state index contributed by atoms with van der Waals surface area (Å²) < 4.78 is 9.78. The highest BCUT2D eigenvalue weighted by molar-refractivity contribution is 5.70. The number of hydrogen-bond donors (Lipinski definition) is 1. The number of nitrogens with one attached hydrogen (secondary N) is 1. The smallest absolute Gasteiger partial charge is 0.332 e. The molecule has 0 radical (unpaired) electrons. The predicted molar refractivity (Wildman–Crippen MR) is 69.0 cm³/mol. The van der Waals surface area contributed by atoms with Crippen LogP contribution in [0.15, 0.2) is 24.3 Å². The standard InChI is InChI=1S/C12H16N2O5/c1-2-19-12(15)9-18-8-7-13-10-3-5-11(6-4-10)14(16)17/h3-6,13H,2,7-9H2,1H3. The number of nitrogens with zero attached hydrogens (tertiary/aromatic N) is 1. The van der Waals surface area contributed by atoms with Gasteiger partial charge in [0.2, 0.25) is 0 Å². The summed E-state index contributed by atoms with van der Waals surface area (Å²) in [4.78, 5) is 20.9. The minimum atomic E-state index is -0.452. The number of non-ortho nitro benzene ring substituents is 1. The number of ether oxygens (including phenoxy) is 2. The number of nitro benzene ring substituents is 1. The molecule has 0 atom stereocenters. The second kappa shape index (κ2) is 8.04. The van der Waals surface area contributed by atoms with Crippen molar-refractivity contribution in [3.63, 3.8) is 0 Å². The maximum Gasteiger partial charge on any atom is 0.332 e. The maximum absolute atomic E-state index is 10.9. The molecule has 0 fully saturated rings. The fourth-order valence-electron chi connectivity index (χ4n) is 1.33. The maximum atomic E-state index is 10.9. The third-order valence-electron chi connectivity index (χ3n) is 2.18. The number of carbonyl (C=O) groups is 1. The first-order valence-corrected chi connectivity index (χ1v) is 5.85. The number of esters is 1. The van der Waals surface area contributed by atoms with Crippen molar-refractivity contribution < 1.29 is 19.2 Å². The number of nitro groups is 1. The highest BCUT2D eigenvalue weighted by Crippen LogP contribution is 2.14. The number of anilines is 1. The van der Waals surface area contributed by atoms with Crippen molar-refractivity contribution in [2.24, 2.45) is 0 Å². The summed E-state index contributed by atoms with van der Waals surface area (Å²) >= 11 is 0. The average Bonchev–Trinajstić information content (AvgIpc) is 2.39. The molecule has 1 N–H and O–H groups in total. The van der Waals surface area contributed by atoms with E-state index in [-0.39, 0.29) is 12.3 Å². The van der Waals surface area contributed by atoms with Crippen LogP contribution in [0.25, 0.3) is 0 Å². The van der Waals surface area contributed by atoms with Gasteiger partial charge >= 0.3 is 5.97 Å². The van der Waals surface area contributed by atoms with E-state index in [0.717, 1.165) is 5.69 Å². The SMILES string of the molecule is CCOC(=O)COCCNc1ccc([N+](=O)[O-])cc1. The highest BCUT2D eigenvalue weighted by Gasteiger charge is 2.03. The van der Waals surface area contributed by atoms with Crippen LogP contribution in [-0.2, 0) is 14.3 Å². The van der Waals surface area contributed by atoms with Crippen molar-refractivity contribution in [1.29, 1.82) is 0 Å². The van der Waals surface area contributed by atoms with E-state index < -0.39 is 10.9 Å². The van der Waals surface area contributed by atoms with Crippen LogP contribution in [0.2, 0.25) is 0 Å². The molecule has 0 saturated heterocycles. The molecule has 7 heteroatoms. The van der Waals surface area contributed by atoms with Crippen molar-refractivity contribution >= 4 is 17.3 Å². The van der Waals surface area contributed by atoms with Crippen LogP contribution >= 0.6 is 0 Å². The third kappa shape index (κ3) is 5.82. The number of hydrogen-bond acceptors (Lipinski definition) is 6. The van der Waals surface area contributed by atoms with E-state index in [1.807, 2.05) is 0 Å². The van der Waals surface area contributed by atoms with E-state index in [1.165, 1.54) is 12.1 Å². The fourth-order valence-corrected chi connectivity index (χ4v) is 1.33. The average molecular weight is 268 g/mol. The second-order valence-electron chi connectivity index (χ2n) is 3.59. The van der Waals surface area contributed by atoms with E-state index in [1.54, 1.807) is 19.1 Å². The van der Waals surface area contributed by atoms with Crippen LogP contribution in [0.3, 0.4) is 0 Å². The van der Waals surface area contributed by atoms with Crippen molar-refractivity contribution in [2.75, 3.05) is 31.7 Å². The Hall–Kier alpha value is -2.15. The number of rotatable bonds is 8. The highest BCUT2D eigenvalue weighted by atomic mass is 16.6. The van der Waals surface area contributed by atoms with Gasteiger partial charge in [0.15, 0.2) is 0 Å². The van der Waals surface area contributed by atoms with Gasteiger partial charge in [0, 0.05) is 24.4 Å². The summed E-state index contributed by atoms with van der Waals surface area (Å²) in [6.45, 7) is 2.83. The Kier molecular flexibility index (Phi) is 6.31. The summed E-state index contributed by atoms with van der Waals surface area (Å²) in [5, 5.41) is 13.5. The Morgan fingerprint density at radius 3 is 2.63 bits per heavy atom. The van der Waals surface area contributed by atoms with Crippen molar-refractivity contribution in [3.05, 3.63) is 34.4 Å². The van der Waals surface area contributed by atoms with E-state index in [4.69, 9.17) is 9.47 Å². The predicted octanol–water partition coefficient (Wildman–Crippen LogP) is 1.59. The Bertz CT molecular complexity index is 419. The molecule has 0 amide bonds. The zero-order valence-corrected chi connectivity index (χ0v) is 10.6. The minimum Gasteiger partial charge on any atom is -0.464 e. The van der Waals surface area contributed by atoms with Crippen molar-refractivity contribution in [2.45, 2.75) is 6.92 Å². The lowest BCUT2D eigenvalue weighted by Gasteiger charge is -2.07. The molecule has 0 aliphatic rings. The van der Waals surface area contributed by atoms with Gasteiger partial charge in [-0.25, -0.2) is 4.79 Å². The Morgan fingerprint density at radius 2 is 2.05 bits per heavy atom. The van der Waals surface area contributed by atoms with Gasteiger partial charge in [-0.2, -0.15) is 0 Å². The van der Waals surface area contributed by atoms with Crippen molar-refractivity contribution in [3.8, 4) is 0 Å². The lowest BCUT2D eigenvalue weighted by Crippen LogP contribution is -2.16. The van der Waals surface area contributed by atoms with Crippen LogP contribution in [0.5, 0.6) is 0 Å². The zero-order valence-electron chi connectivity index (χ0n) is 10.6. The van der Waals surface area contributed by atoms with Gasteiger partial charge in [-0.05, 0) is 19.1 Å². The molecule has 7 nitrogen and oxygen atoms in total. The fraction of sp³-hybridized carbons (Fsp3) is 0.417. The molecule has 1 aromatic carbocycles. The van der Waals surface area contributed by atoms with Gasteiger partial charge in [-0.15, -0.1) is 0 Å². The van der Waals surface area contributed by atoms with E-state index >= 15 is 0 Å². The molecule has 1 aromatic rings. The molecule has 0 aliphatic heterocycles. The second-order valence-corrected chi connectivity index (χ2v) is 3.59. The minimum absolute atomic E-state index is 0.0455. The molecule has 104 valence electrons. The molecule has 0 heterocycles. The van der Waals surface area contributed by atoms with E-state index in [0.29, 0.717) is 19.8 Å². The van der Waals surface area contributed by atoms with Crippen LogP contribution in [0.4, 0.5) is 11.4 Å². The monoisotopic (exact) mass is 268 g/mol. The van der Waals surface area contributed by atoms with Gasteiger partial charge in [-0.3, -0.25) is 10.1 Å². The van der Waals surface area contributed by atoms with Crippen LogP contribution in [-0.4, -0.2) is 37.3 Å². The summed E-state index contributed by atoms with van der Waals surface area (Å²) in [6, 6.07) is 6.07. The molecule has 0 aliphatic carbocycles. The Morgan fingerprint density at radius 1 is 1.37 bits per heavy atom. The topological polar surface area (TPSA) is 90.7 Å². The quantitative estimate of drug-likeness (QED) is 0.333. The van der Waals surface area contributed by atoms with Gasteiger partial charge in [0.25, 0.3) is 5.69 Å². The first-order valence-electron chi connectivity index (χ1n) is 5.85. The molecule has 1 rings (SSSR count). The van der Waals surface area contributed by atoms with Gasteiger partial charge in [0.05, 0.1) is 18.1 Å². The first-order chi connectivity index (χ1) is 9.13. The van der Waals surface area contributed by atoms with E-state index in [2.05, 4.69) is 5.32 Å². The van der Waals surface area contributed by atoms with Crippen LogP contribution in [0.1, 0.15) is 6.92 Å². The summed E-state index contributed by atoms with van der Waals surface area (Å²) in [5.74, 6) is -0.391. The molecule has 0 saturated carbocycles. The van der Waals surface area contributed by atoms with Crippen LogP contribution < -0.4 is 5.32 Å². The van der Waals surface area contributed by atoms with E-state index in [9.17, 15) is 14.9 Å². The lowest BCUT2D eigenvalue weighted by molar-refractivity contribution is -0.384. The van der Waals surface area contributed by atoms with Crippen molar-refractivity contribution in [1.82, 2.24) is 0 Å². The first kappa shape index (κ1) is 14.9. The lowest BCUT2D eigenvalue weighted by atomic mass is 10.3. The Labute approximate surface area is 110 Å². The summed E-state index contributed by atoms with van der Waals surface area (Å²) in [6.07, 6.45) is 0. The van der Waals surface area contributed by atoms with Gasteiger partial charge in [0.1, 0.15) is 6.61 Å². The summed E-state index contributed by atoms with van der Waals surface area (Å²) in [7, 11) is 0. The molecule has 0 bridgehead atoms. The zero-order chi connectivity index (χ0) is 14.1. The number of benzene rings is 1. The number of carbonyl (C=O) groups excluding carboxylic acids is 1. The summed E-state index contributed by atoms with van der Waals surface area (Å²) in [5.41, 5.74) is 0.800. The molecular formula is C12H16N2O5. The third-order valence-corrected chi connectivity index (χ3v) is 2.18. The van der Waals surface area contributed by atoms with Gasteiger partial charge < -0.3 is 14.8 Å². The molecular weight excluding hydrogens is 252 g/mol. The molecule has 0 spiro atoms. The normalized spacial score (nSPS) is 9.95. The molecule has 19 heavy (non-hydrogen) atoms.